The first kappa shape index (κ1) is 11.0. The van der Waals surface area contributed by atoms with Crippen LogP contribution >= 0.6 is 0 Å². The molecule has 0 bridgehead atoms. The van der Waals surface area contributed by atoms with Crippen LogP contribution in [-0.2, 0) is 12.8 Å². The first-order valence-corrected chi connectivity index (χ1v) is 6.05. The Balaban J connectivity index is 2.44. The Labute approximate surface area is 104 Å². The van der Waals surface area contributed by atoms with Gasteiger partial charge in [0.1, 0.15) is 11.3 Å². The lowest BCUT2D eigenvalue weighted by Gasteiger charge is -2.18. The van der Waals surface area contributed by atoms with E-state index >= 15 is 0 Å². The summed E-state index contributed by atoms with van der Waals surface area (Å²) in [5, 5.41) is 19.8. The predicted octanol–water partition coefficient (Wildman–Crippen LogP) is 2.52. The summed E-state index contributed by atoms with van der Waals surface area (Å²) in [5.74, 6) is -0.894. The van der Waals surface area contributed by atoms with Crippen molar-refractivity contribution in [2.75, 3.05) is 0 Å². The minimum Gasteiger partial charge on any atom is -0.506 e. The molecule has 1 aliphatic rings. The summed E-state index contributed by atoms with van der Waals surface area (Å²) in [5.41, 5.74) is 2.38. The normalized spacial score (nSPS) is 14.4. The zero-order chi connectivity index (χ0) is 12.7. The van der Waals surface area contributed by atoms with E-state index in [4.69, 9.17) is 0 Å². The molecule has 1 heterocycles. The van der Waals surface area contributed by atoms with Crippen LogP contribution in [0.3, 0.4) is 0 Å². The van der Waals surface area contributed by atoms with Gasteiger partial charge >= 0.3 is 5.97 Å². The quantitative estimate of drug-likeness (QED) is 0.807. The molecule has 2 aromatic rings. The summed E-state index contributed by atoms with van der Waals surface area (Å²) in [6, 6.07) is 4.90. The van der Waals surface area contributed by atoms with Crippen molar-refractivity contribution in [3.63, 3.8) is 0 Å². The largest absolute Gasteiger partial charge is 0.506 e. The number of hydrogen-bond donors (Lipinski definition) is 2. The fourth-order valence-electron chi connectivity index (χ4n) is 2.67. The number of rotatable bonds is 1. The third-order valence-electron chi connectivity index (χ3n) is 3.49. The molecule has 1 aromatic carbocycles. The summed E-state index contributed by atoms with van der Waals surface area (Å²) in [6.07, 6.45) is 3.58. The Hall–Kier alpha value is -2.10. The molecule has 92 valence electrons. The van der Waals surface area contributed by atoms with Gasteiger partial charge in [0.15, 0.2) is 0 Å². The number of benzene rings is 1. The van der Waals surface area contributed by atoms with Crippen LogP contribution in [-0.4, -0.2) is 21.2 Å². The van der Waals surface area contributed by atoms with Crippen LogP contribution in [0.5, 0.6) is 5.75 Å². The van der Waals surface area contributed by atoms with Gasteiger partial charge in [-0.05, 0) is 37.3 Å². The van der Waals surface area contributed by atoms with Crippen molar-refractivity contribution in [2.45, 2.75) is 25.7 Å². The average molecular weight is 243 g/mol. The van der Waals surface area contributed by atoms with E-state index in [9.17, 15) is 15.0 Å². The third-order valence-corrected chi connectivity index (χ3v) is 3.49. The number of carboxylic acid groups (broad SMARTS) is 1. The van der Waals surface area contributed by atoms with Crippen LogP contribution in [0.2, 0.25) is 0 Å². The molecule has 0 unspecified atom stereocenters. The monoisotopic (exact) mass is 243 g/mol. The van der Waals surface area contributed by atoms with Gasteiger partial charge < -0.3 is 10.2 Å². The molecule has 0 spiro atoms. The van der Waals surface area contributed by atoms with Gasteiger partial charge in [-0.3, -0.25) is 0 Å². The zero-order valence-electron chi connectivity index (χ0n) is 9.81. The number of para-hydroxylation sites is 1. The van der Waals surface area contributed by atoms with Crippen molar-refractivity contribution < 1.29 is 15.0 Å². The molecule has 0 radical (unpaired) electrons. The molecule has 0 saturated carbocycles. The van der Waals surface area contributed by atoms with E-state index in [1.54, 1.807) is 12.1 Å². The van der Waals surface area contributed by atoms with E-state index in [1.165, 1.54) is 6.07 Å². The molecule has 2 N–H and O–H groups in total. The molecule has 1 aliphatic carbocycles. The number of carboxylic acids is 1. The molecule has 4 heteroatoms. The molecule has 0 atom stereocenters. The SMILES string of the molecule is O=C(O)c1c2c(nc3c(O)cccc13)CCCC2. The number of aromatic carboxylic acids is 1. The summed E-state index contributed by atoms with van der Waals surface area (Å²) in [7, 11) is 0. The number of aromatic hydroxyl groups is 1. The van der Waals surface area contributed by atoms with Crippen LogP contribution in [0, 0.1) is 0 Å². The van der Waals surface area contributed by atoms with Gasteiger partial charge in [-0.2, -0.15) is 0 Å². The molecule has 0 saturated heterocycles. The van der Waals surface area contributed by atoms with Crippen molar-refractivity contribution >= 4 is 16.9 Å². The minimum absolute atomic E-state index is 0.0448. The molecule has 3 rings (SSSR count). The first-order valence-electron chi connectivity index (χ1n) is 6.05. The number of aromatic nitrogens is 1. The molecule has 0 amide bonds. The molecule has 4 nitrogen and oxygen atoms in total. The first-order chi connectivity index (χ1) is 8.68. The second-order valence-corrected chi connectivity index (χ2v) is 4.60. The van der Waals surface area contributed by atoms with E-state index in [1.807, 2.05) is 0 Å². The highest BCUT2D eigenvalue weighted by Gasteiger charge is 2.22. The van der Waals surface area contributed by atoms with Crippen LogP contribution < -0.4 is 0 Å². The van der Waals surface area contributed by atoms with Crippen molar-refractivity contribution in [2.24, 2.45) is 0 Å². The number of phenols is 1. The fraction of sp³-hybridized carbons (Fsp3) is 0.286. The van der Waals surface area contributed by atoms with Crippen LogP contribution in [0.1, 0.15) is 34.5 Å². The molecular formula is C14H13NO3. The van der Waals surface area contributed by atoms with E-state index in [0.29, 0.717) is 16.5 Å². The second-order valence-electron chi connectivity index (χ2n) is 4.60. The maximum Gasteiger partial charge on any atom is 0.336 e. The van der Waals surface area contributed by atoms with E-state index < -0.39 is 5.97 Å². The van der Waals surface area contributed by atoms with Crippen molar-refractivity contribution in [1.82, 2.24) is 4.98 Å². The van der Waals surface area contributed by atoms with Crippen LogP contribution in [0.15, 0.2) is 18.2 Å². The van der Waals surface area contributed by atoms with E-state index in [-0.39, 0.29) is 5.75 Å². The highest BCUT2D eigenvalue weighted by molar-refractivity contribution is 6.05. The van der Waals surface area contributed by atoms with Gasteiger partial charge in [0, 0.05) is 11.1 Å². The number of hydrogen-bond acceptors (Lipinski definition) is 3. The summed E-state index contributed by atoms with van der Waals surface area (Å²) < 4.78 is 0. The Morgan fingerprint density at radius 2 is 2.00 bits per heavy atom. The average Bonchev–Trinajstić information content (AvgIpc) is 2.36. The number of phenolic OH excluding ortho intramolecular Hbond substituents is 1. The lowest BCUT2D eigenvalue weighted by atomic mass is 9.90. The van der Waals surface area contributed by atoms with E-state index in [0.717, 1.165) is 36.9 Å². The number of nitrogens with zero attached hydrogens (tertiary/aromatic N) is 1. The lowest BCUT2D eigenvalue weighted by Crippen LogP contribution is -2.13. The number of carbonyl (C=O) groups is 1. The molecule has 1 aromatic heterocycles. The molecule has 0 aliphatic heterocycles. The highest BCUT2D eigenvalue weighted by Crippen LogP contribution is 2.32. The third kappa shape index (κ3) is 1.53. The number of fused-ring (bicyclic) bond motifs is 2. The highest BCUT2D eigenvalue weighted by atomic mass is 16.4. The molecule has 0 fully saturated rings. The summed E-state index contributed by atoms with van der Waals surface area (Å²) in [4.78, 5) is 15.9. The maximum absolute atomic E-state index is 11.5. The van der Waals surface area contributed by atoms with Gasteiger partial charge in [0.2, 0.25) is 0 Å². The summed E-state index contributed by atoms with van der Waals surface area (Å²) in [6.45, 7) is 0. The van der Waals surface area contributed by atoms with Crippen LogP contribution in [0.4, 0.5) is 0 Å². The van der Waals surface area contributed by atoms with Gasteiger partial charge in [0.05, 0.1) is 5.56 Å². The topological polar surface area (TPSA) is 70.4 Å². The minimum atomic E-state index is -0.939. The van der Waals surface area contributed by atoms with Crippen molar-refractivity contribution in [3.05, 3.63) is 35.0 Å². The smallest absolute Gasteiger partial charge is 0.336 e. The van der Waals surface area contributed by atoms with Gasteiger partial charge in [-0.25, -0.2) is 9.78 Å². The van der Waals surface area contributed by atoms with Gasteiger partial charge in [-0.15, -0.1) is 0 Å². The lowest BCUT2D eigenvalue weighted by molar-refractivity contribution is 0.0697. The van der Waals surface area contributed by atoms with Gasteiger partial charge in [-0.1, -0.05) is 12.1 Å². The Bertz CT molecular complexity index is 649. The van der Waals surface area contributed by atoms with Crippen molar-refractivity contribution in [1.29, 1.82) is 0 Å². The predicted molar refractivity (Wildman–Crippen MR) is 67.0 cm³/mol. The maximum atomic E-state index is 11.5. The Morgan fingerprint density at radius 1 is 1.22 bits per heavy atom. The fourth-order valence-corrected chi connectivity index (χ4v) is 2.67. The second kappa shape index (κ2) is 3.98. The number of aryl methyl sites for hydroxylation is 1. The Morgan fingerprint density at radius 3 is 2.78 bits per heavy atom. The standard InChI is InChI=1S/C14H13NO3/c16-11-7-3-5-9-12(14(17)18)8-4-1-2-6-10(8)15-13(9)11/h3,5,7,16H,1-2,4,6H2,(H,17,18). The zero-order valence-corrected chi connectivity index (χ0v) is 9.81. The number of pyridine rings is 1. The molecule has 18 heavy (non-hydrogen) atoms. The van der Waals surface area contributed by atoms with Gasteiger partial charge in [0.25, 0.3) is 0 Å². The summed E-state index contributed by atoms with van der Waals surface area (Å²) >= 11 is 0. The Kier molecular flexibility index (Phi) is 2.44. The van der Waals surface area contributed by atoms with Crippen molar-refractivity contribution in [3.8, 4) is 5.75 Å². The van der Waals surface area contributed by atoms with E-state index in [2.05, 4.69) is 4.98 Å². The van der Waals surface area contributed by atoms with Crippen LogP contribution in [0.25, 0.3) is 10.9 Å². The molecular weight excluding hydrogens is 230 g/mol.